The van der Waals surface area contributed by atoms with Gasteiger partial charge in [0.1, 0.15) is 5.82 Å². The maximum absolute atomic E-state index is 14.0. The molecule has 0 spiro atoms. The molecule has 5 aromatic rings. The number of hydrogen-bond donors (Lipinski definition) is 1. The van der Waals surface area contributed by atoms with Gasteiger partial charge in [0.25, 0.3) is 5.69 Å². The second-order valence-electron chi connectivity index (χ2n) is 9.83. The first-order valence-electron chi connectivity index (χ1n) is 13.1. The number of nitrogens with zero attached hydrogens (tertiary/aromatic N) is 6. The lowest BCUT2D eigenvalue weighted by atomic mass is 9.93. The Morgan fingerprint density at radius 1 is 0.952 bits per heavy atom. The minimum atomic E-state index is -0.535. The lowest BCUT2D eigenvalue weighted by molar-refractivity contribution is -0.384. The molecule has 2 aliphatic heterocycles. The summed E-state index contributed by atoms with van der Waals surface area (Å²) >= 11 is 6.09. The molecule has 11 heteroatoms. The van der Waals surface area contributed by atoms with Crippen LogP contribution in [-0.4, -0.2) is 26.4 Å². The van der Waals surface area contributed by atoms with Gasteiger partial charge in [-0.2, -0.15) is 5.10 Å². The number of halogens is 2. The van der Waals surface area contributed by atoms with Crippen molar-refractivity contribution in [1.29, 1.82) is 0 Å². The molecule has 2 aliphatic rings. The molecule has 1 N–H and O–H groups in total. The van der Waals surface area contributed by atoms with Crippen molar-refractivity contribution in [1.82, 2.24) is 9.78 Å². The van der Waals surface area contributed by atoms with Crippen molar-refractivity contribution in [2.24, 2.45) is 9.98 Å². The van der Waals surface area contributed by atoms with Crippen molar-refractivity contribution >= 4 is 51.8 Å². The number of aryl methyl sites for hydroxylation is 1. The zero-order valence-corrected chi connectivity index (χ0v) is 22.8. The van der Waals surface area contributed by atoms with Gasteiger partial charge in [-0.05, 0) is 55.0 Å². The summed E-state index contributed by atoms with van der Waals surface area (Å²) in [6, 6.07) is 27.6. The van der Waals surface area contributed by atoms with Crippen LogP contribution in [0.1, 0.15) is 22.9 Å². The molecule has 4 aromatic carbocycles. The Labute approximate surface area is 244 Å². The van der Waals surface area contributed by atoms with Gasteiger partial charge in [0.15, 0.2) is 17.5 Å². The number of amidine groups is 2. The number of aromatic nitrogens is 2. The number of nitrogens with one attached hydrogen (secondary N) is 1. The van der Waals surface area contributed by atoms with E-state index >= 15 is 0 Å². The number of fused-ring (bicyclic) bond motifs is 4. The van der Waals surface area contributed by atoms with Crippen molar-refractivity contribution in [3.05, 3.63) is 135 Å². The lowest BCUT2D eigenvalue weighted by Gasteiger charge is -2.40. The minimum absolute atomic E-state index is 0.0236. The summed E-state index contributed by atoms with van der Waals surface area (Å²) in [6.07, 6.45) is 0. The Morgan fingerprint density at radius 3 is 2.52 bits per heavy atom. The van der Waals surface area contributed by atoms with Crippen LogP contribution in [0.2, 0.25) is 5.02 Å². The summed E-state index contributed by atoms with van der Waals surface area (Å²) in [5, 5.41) is 19.9. The third-order valence-corrected chi connectivity index (χ3v) is 7.51. The number of hydrogen-bond acceptors (Lipinski definition) is 7. The van der Waals surface area contributed by atoms with Crippen LogP contribution in [0.4, 0.5) is 33.0 Å². The molecule has 0 bridgehead atoms. The summed E-state index contributed by atoms with van der Waals surface area (Å²) in [6.45, 7) is 1.91. The largest absolute Gasteiger partial charge is 0.337 e. The third kappa shape index (κ3) is 4.20. The van der Waals surface area contributed by atoms with E-state index < -0.39 is 16.8 Å². The minimum Gasteiger partial charge on any atom is -0.337 e. The summed E-state index contributed by atoms with van der Waals surface area (Å²) in [5.41, 5.74) is 4.97. The molecule has 0 saturated heterocycles. The lowest BCUT2D eigenvalue weighted by Crippen LogP contribution is -2.46. The van der Waals surface area contributed by atoms with E-state index in [4.69, 9.17) is 26.7 Å². The molecule has 0 fully saturated rings. The zero-order chi connectivity index (χ0) is 29.0. The summed E-state index contributed by atoms with van der Waals surface area (Å²) in [7, 11) is 0. The van der Waals surface area contributed by atoms with Crippen molar-refractivity contribution in [2.45, 2.75) is 13.0 Å². The second-order valence-corrected chi connectivity index (χ2v) is 10.2. The number of anilines is 2. The van der Waals surface area contributed by atoms with Crippen LogP contribution in [0.15, 0.2) is 107 Å². The number of para-hydroxylation sites is 3. The molecular formula is C31H21ClFN7O2. The van der Waals surface area contributed by atoms with Crippen LogP contribution < -0.4 is 10.2 Å². The SMILES string of the molecule is Cc1nn(-c2ccccc2)c2c1[C@@H](c1cccc([N+](=O)[O-])c1)N1C(=N2)C(Nc2ccc(F)c(Cl)c2)=Nc2ccccc21. The van der Waals surface area contributed by atoms with Crippen LogP contribution in [0.25, 0.3) is 5.69 Å². The first kappa shape index (κ1) is 25.6. The number of aliphatic imine (C=N–C) groups is 2. The second kappa shape index (κ2) is 9.93. The van der Waals surface area contributed by atoms with Gasteiger partial charge in [0, 0.05) is 23.4 Å². The van der Waals surface area contributed by atoms with Crippen LogP contribution in [0.5, 0.6) is 0 Å². The molecule has 1 atom stereocenters. The molecule has 0 unspecified atom stereocenters. The predicted molar refractivity (Wildman–Crippen MR) is 161 cm³/mol. The standard InChI is InChI=1S/C31H21ClFN7O2/c1-18-27-28(19-8-7-11-22(16-19)40(41)42)38-26-13-6-5-12-25(26)35-29(34-20-14-15-24(33)23(32)17-20)31(38)36-30(27)39(37-18)21-9-3-2-4-10-21/h2-17,28H,1H3,(H,34,35)/t28-/m1/s1. The highest BCUT2D eigenvalue weighted by Gasteiger charge is 2.41. The Bertz CT molecular complexity index is 1950. The van der Waals surface area contributed by atoms with Gasteiger partial charge < -0.3 is 10.2 Å². The van der Waals surface area contributed by atoms with Gasteiger partial charge in [0.2, 0.25) is 0 Å². The van der Waals surface area contributed by atoms with E-state index in [2.05, 4.69) is 5.32 Å². The van der Waals surface area contributed by atoms with E-state index in [0.29, 0.717) is 34.4 Å². The maximum atomic E-state index is 14.0. The van der Waals surface area contributed by atoms with E-state index in [1.165, 1.54) is 18.2 Å². The number of rotatable bonds is 4. The zero-order valence-electron chi connectivity index (χ0n) is 22.1. The Kier molecular flexibility index (Phi) is 6.05. The summed E-state index contributed by atoms with van der Waals surface area (Å²) in [5.74, 6) is 0.908. The van der Waals surface area contributed by atoms with Gasteiger partial charge >= 0.3 is 0 Å². The van der Waals surface area contributed by atoms with Crippen molar-refractivity contribution in [3.63, 3.8) is 0 Å². The predicted octanol–water partition coefficient (Wildman–Crippen LogP) is 7.68. The topological polar surface area (TPSA) is 101 Å². The molecule has 9 nitrogen and oxygen atoms in total. The Balaban J connectivity index is 1.50. The van der Waals surface area contributed by atoms with E-state index in [1.54, 1.807) is 22.9 Å². The van der Waals surface area contributed by atoms with Gasteiger partial charge in [-0.1, -0.05) is 54.1 Å². The fraction of sp³-hybridized carbons (Fsp3) is 0.0645. The summed E-state index contributed by atoms with van der Waals surface area (Å²) in [4.78, 5) is 23.4. The van der Waals surface area contributed by atoms with Crippen molar-refractivity contribution in [2.75, 3.05) is 10.2 Å². The molecule has 42 heavy (non-hydrogen) atoms. The van der Waals surface area contributed by atoms with Gasteiger partial charge in [-0.25, -0.2) is 19.1 Å². The molecule has 0 aliphatic carbocycles. The molecule has 7 rings (SSSR count). The highest BCUT2D eigenvalue weighted by Crippen LogP contribution is 2.48. The number of benzene rings is 4. The van der Waals surface area contributed by atoms with Gasteiger partial charge in [-0.15, -0.1) is 0 Å². The smallest absolute Gasteiger partial charge is 0.269 e. The molecule has 0 saturated carbocycles. The number of non-ortho nitro benzene ring substituents is 1. The quantitative estimate of drug-likeness (QED) is 0.174. The highest BCUT2D eigenvalue weighted by molar-refractivity contribution is 6.51. The normalized spacial score (nSPS) is 15.2. The van der Waals surface area contributed by atoms with Crippen LogP contribution in [0.3, 0.4) is 0 Å². The first-order chi connectivity index (χ1) is 20.4. The van der Waals surface area contributed by atoms with E-state index in [9.17, 15) is 14.5 Å². The molecule has 0 amide bonds. The fourth-order valence-corrected chi connectivity index (χ4v) is 5.56. The first-order valence-corrected chi connectivity index (χ1v) is 13.4. The van der Waals surface area contributed by atoms with E-state index in [0.717, 1.165) is 22.6 Å². The average Bonchev–Trinajstić information content (AvgIpc) is 3.34. The fourth-order valence-electron chi connectivity index (χ4n) is 5.38. The van der Waals surface area contributed by atoms with Crippen molar-refractivity contribution in [3.8, 4) is 5.69 Å². The number of nitro groups is 1. The van der Waals surface area contributed by atoms with Crippen LogP contribution >= 0.6 is 11.6 Å². The van der Waals surface area contributed by atoms with Crippen LogP contribution in [0, 0.1) is 22.9 Å². The van der Waals surface area contributed by atoms with E-state index in [-0.39, 0.29) is 10.7 Å². The molecular weight excluding hydrogens is 557 g/mol. The monoisotopic (exact) mass is 577 g/mol. The maximum Gasteiger partial charge on any atom is 0.269 e. The number of nitro benzene ring substituents is 1. The van der Waals surface area contributed by atoms with E-state index in [1.807, 2.05) is 72.5 Å². The van der Waals surface area contributed by atoms with Crippen molar-refractivity contribution < 1.29 is 9.31 Å². The van der Waals surface area contributed by atoms with Gasteiger partial charge in [-0.3, -0.25) is 10.1 Å². The summed E-state index contributed by atoms with van der Waals surface area (Å²) < 4.78 is 15.7. The van der Waals surface area contributed by atoms with Crippen LogP contribution in [-0.2, 0) is 0 Å². The Morgan fingerprint density at radius 2 is 1.74 bits per heavy atom. The molecule has 0 radical (unpaired) electrons. The molecule has 206 valence electrons. The molecule has 3 heterocycles. The highest BCUT2D eigenvalue weighted by atomic mass is 35.5. The molecule has 1 aromatic heterocycles. The third-order valence-electron chi connectivity index (χ3n) is 7.22. The van der Waals surface area contributed by atoms with Gasteiger partial charge in [0.05, 0.1) is 38.7 Å². The average molecular weight is 578 g/mol. The Hall–Kier alpha value is -5.35.